The number of alkyl halides is 3. The topological polar surface area (TPSA) is 70.1 Å². The van der Waals surface area contributed by atoms with Crippen LogP contribution in [0, 0.1) is 17.3 Å². The third-order valence-electron chi connectivity index (χ3n) is 7.84. The molecule has 1 aromatic carbocycles. The number of β-amino-alcohol motifs (C(OH)–C–C–N with tert-alkyl or cyclic N) is 1. The zero-order valence-corrected chi connectivity index (χ0v) is 21.5. The Labute approximate surface area is 209 Å². The van der Waals surface area contributed by atoms with Crippen molar-refractivity contribution in [3.8, 4) is 0 Å². The Hall–Kier alpha value is -1.17. The van der Waals surface area contributed by atoms with E-state index in [9.17, 15) is 26.7 Å². The molecule has 3 aliphatic carbocycles. The van der Waals surface area contributed by atoms with Crippen molar-refractivity contribution in [2.75, 3.05) is 45.9 Å². The van der Waals surface area contributed by atoms with Gasteiger partial charge in [-0.25, -0.2) is 8.42 Å². The molecule has 0 radical (unpaired) electrons. The van der Waals surface area contributed by atoms with Gasteiger partial charge in [0.1, 0.15) is 4.90 Å². The van der Waals surface area contributed by atoms with Crippen molar-refractivity contribution >= 4 is 21.6 Å². The average Bonchev–Trinajstić information content (AvgIpc) is 2.78. The SMILES string of the molecule is CC1(C)[C@H]2CC=C(COC[C@@H](O)CN3CCN(S(=O)(=O)c4cc(C(F)(F)F)ccc4Cl)CC3)[C@H]1C2. The molecule has 11 heteroatoms. The van der Waals surface area contributed by atoms with Crippen LogP contribution in [0.1, 0.15) is 32.3 Å². The van der Waals surface area contributed by atoms with E-state index in [1.54, 1.807) is 0 Å². The lowest BCUT2D eigenvalue weighted by atomic mass is 9.49. The van der Waals surface area contributed by atoms with Gasteiger partial charge in [0.15, 0.2) is 0 Å². The lowest BCUT2D eigenvalue weighted by Gasteiger charge is -2.56. The number of benzene rings is 1. The van der Waals surface area contributed by atoms with Crippen molar-refractivity contribution in [1.29, 1.82) is 0 Å². The van der Waals surface area contributed by atoms with Crippen LogP contribution in [-0.2, 0) is 20.9 Å². The van der Waals surface area contributed by atoms with E-state index in [4.69, 9.17) is 16.3 Å². The highest BCUT2D eigenvalue weighted by Crippen LogP contribution is 2.59. The van der Waals surface area contributed by atoms with E-state index in [0.29, 0.717) is 43.6 Å². The summed E-state index contributed by atoms with van der Waals surface area (Å²) in [5.74, 6) is 1.31. The first-order valence-electron chi connectivity index (χ1n) is 11.8. The standard InChI is InChI=1S/C24H32ClF3N2O4S/c1-23(2)17-4-3-16(20(23)11-17)14-34-15-19(31)13-29-7-9-30(10-8-29)35(32,33)22-12-18(24(26,27)28)5-6-21(22)25/h3,5-6,12,17,19-20,31H,4,7-11,13-15H2,1-2H3/t17-,19-,20+/m0/s1. The predicted molar refractivity (Wildman–Crippen MR) is 127 cm³/mol. The van der Waals surface area contributed by atoms with E-state index in [1.165, 1.54) is 12.0 Å². The van der Waals surface area contributed by atoms with Gasteiger partial charge in [-0.3, -0.25) is 4.90 Å². The fourth-order valence-electron chi connectivity index (χ4n) is 5.47. The van der Waals surface area contributed by atoms with Crippen molar-refractivity contribution in [2.24, 2.45) is 17.3 Å². The molecule has 2 fully saturated rings. The summed E-state index contributed by atoms with van der Waals surface area (Å²) in [6.45, 7) is 6.50. The number of hydrogen-bond donors (Lipinski definition) is 1. The fourth-order valence-corrected chi connectivity index (χ4v) is 7.40. The fraction of sp³-hybridized carbons (Fsp3) is 0.667. The minimum atomic E-state index is -4.67. The number of fused-ring (bicyclic) bond motifs is 1. The van der Waals surface area contributed by atoms with Crippen LogP contribution in [0.2, 0.25) is 5.02 Å². The third kappa shape index (κ3) is 5.57. The molecule has 5 rings (SSSR count). The summed E-state index contributed by atoms with van der Waals surface area (Å²) < 4.78 is 72.0. The van der Waals surface area contributed by atoms with E-state index < -0.39 is 32.8 Å². The van der Waals surface area contributed by atoms with Crippen LogP contribution in [-0.4, -0.2) is 74.8 Å². The zero-order valence-electron chi connectivity index (χ0n) is 19.9. The molecule has 1 aromatic rings. The van der Waals surface area contributed by atoms with Crippen molar-refractivity contribution in [2.45, 2.75) is 43.9 Å². The van der Waals surface area contributed by atoms with Gasteiger partial charge >= 0.3 is 6.18 Å². The highest BCUT2D eigenvalue weighted by Gasteiger charge is 2.51. The van der Waals surface area contributed by atoms with Crippen molar-refractivity contribution in [3.63, 3.8) is 0 Å². The van der Waals surface area contributed by atoms with Crippen molar-refractivity contribution < 1.29 is 31.4 Å². The van der Waals surface area contributed by atoms with Gasteiger partial charge in [-0.1, -0.05) is 31.5 Å². The zero-order chi connectivity index (χ0) is 25.6. The maximum Gasteiger partial charge on any atom is 0.416 e. The summed E-state index contributed by atoms with van der Waals surface area (Å²) in [5.41, 5.74) is 0.577. The van der Waals surface area contributed by atoms with Crippen molar-refractivity contribution in [3.05, 3.63) is 40.4 Å². The summed E-state index contributed by atoms with van der Waals surface area (Å²) in [4.78, 5) is 1.38. The molecule has 1 aliphatic heterocycles. The monoisotopic (exact) mass is 536 g/mol. The second-order valence-electron chi connectivity index (χ2n) is 10.3. The summed E-state index contributed by atoms with van der Waals surface area (Å²) >= 11 is 5.94. The molecule has 2 bridgehead atoms. The highest BCUT2D eigenvalue weighted by atomic mass is 35.5. The summed E-state index contributed by atoms with van der Waals surface area (Å²) in [6.07, 6.45) is -0.821. The first-order chi connectivity index (χ1) is 16.3. The van der Waals surface area contributed by atoms with E-state index in [-0.39, 0.29) is 24.7 Å². The van der Waals surface area contributed by atoms with Crippen LogP contribution in [0.5, 0.6) is 0 Å². The number of piperazine rings is 1. The number of halogens is 4. The van der Waals surface area contributed by atoms with Gasteiger partial charge in [0, 0.05) is 32.7 Å². The van der Waals surface area contributed by atoms with E-state index in [2.05, 4.69) is 19.9 Å². The van der Waals surface area contributed by atoms with Gasteiger partial charge < -0.3 is 9.84 Å². The molecule has 1 heterocycles. The Morgan fingerprint density at radius 2 is 1.91 bits per heavy atom. The summed E-state index contributed by atoms with van der Waals surface area (Å²) in [5, 5.41) is 10.2. The molecule has 1 saturated heterocycles. The molecule has 35 heavy (non-hydrogen) atoms. The number of hydrogen-bond acceptors (Lipinski definition) is 5. The minimum absolute atomic E-state index is 0.0906. The molecule has 0 unspecified atom stereocenters. The number of ether oxygens (including phenoxy) is 1. The van der Waals surface area contributed by atoms with E-state index in [1.807, 2.05) is 4.90 Å². The van der Waals surface area contributed by atoms with E-state index >= 15 is 0 Å². The molecule has 6 nitrogen and oxygen atoms in total. The van der Waals surface area contributed by atoms with Crippen LogP contribution >= 0.6 is 11.6 Å². The number of aliphatic hydroxyl groups is 1. The maximum absolute atomic E-state index is 13.1. The second-order valence-corrected chi connectivity index (χ2v) is 12.7. The number of nitrogens with zero attached hydrogens (tertiary/aromatic N) is 2. The Bertz CT molecular complexity index is 1070. The predicted octanol–water partition coefficient (Wildman–Crippen LogP) is 4.04. The number of aliphatic hydroxyl groups excluding tert-OH is 1. The lowest BCUT2D eigenvalue weighted by molar-refractivity contribution is -0.137. The van der Waals surface area contributed by atoms with Gasteiger partial charge in [-0.15, -0.1) is 0 Å². The second kappa shape index (κ2) is 9.95. The molecule has 0 aromatic heterocycles. The highest BCUT2D eigenvalue weighted by molar-refractivity contribution is 7.89. The van der Waals surface area contributed by atoms with Crippen LogP contribution < -0.4 is 0 Å². The normalized spacial score (nSPS) is 26.2. The summed E-state index contributed by atoms with van der Waals surface area (Å²) in [7, 11) is -4.18. The number of sulfonamides is 1. The summed E-state index contributed by atoms with van der Waals surface area (Å²) in [6, 6.07) is 2.30. The molecule has 3 atom stereocenters. The van der Waals surface area contributed by atoms with Crippen LogP contribution in [0.15, 0.2) is 34.7 Å². The molecule has 1 saturated carbocycles. The number of allylic oxidation sites excluding steroid dienone is 1. The smallest absolute Gasteiger partial charge is 0.389 e. The quantitative estimate of drug-likeness (QED) is 0.508. The largest absolute Gasteiger partial charge is 0.416 e. The van der Waals surface area contributed by atoms with Crippen LogP contribution in [0.4, 0.5) is 13.2 Å². The number of rotatable bonds is 8. The van der Waals surface area contributed by atoms with Gasteiger partial charge in [-0.05, 0) is 53.9 Å². The Balaban J connectivity index is 1.25. The molecule has 1 N–H and O–H groups in total. The first-order valence-corrected chi connectivity index (χ1v) is 13.7. The minimum Gasteiger partial charge on any atom is -0.389 e. The Morgan fingerprint density at radius 1 is 1.23 bits per heavy atom. The van der Waals surface area contributed by atoms with Crippen molar-refractivity contribution in [1.82, 2.24) is 9.21 Å². The molecule has 196 valence electrons. The van der Waals surface area contributed by atoms with Gasteiger partial charge in [0.25, 0.3) is 0 Å². The maximum atomic E-state index is 13.1. The average molecular weight is 537 g/mol. The molecule has 0 spiro atoms. The first kappa shape index (κ1) is 26.9. The molecule has 0 amide bonds. The van der Waals surface area contributed by atoms with Gasteiger partial charge in [0.2, 0.25) is 10.0 Å². The molecule has 4 aliphatic rings. The molecular formula is C24H32ClF3N2O4S. The van der Waals surface area contributed by atoms with Crippen LogP contribution in [0.3, 0.4) is 0 Å². The van der Waals surface area contributed by atoms with Gasteiger partial charge in [0.05, 0.1) is 29.9 Å². The van der Waals surface area contributed by atoms with Crippen LogP contribution in [0.25, 0.3) is 0 Å². The lowest BCUT2D eigenvalue weighted by Crippen LogP contribution is -2.51. The molecular weight excluding hydrogens is 505 g/mol. The van der Waals surface area contributed by atoms with Gasteiger partial charge in [-0.2, -0.15) is 17.5 Å². The Morgan fingerprint density at radius 3 is 2.51 bits per heavy atom. The Kier molecular flexibility index (Phi) is 7.64. The van der Waals surface area contributed by atoms with E-state index in [0.717, 1.165) is 28.8 Å². The third-order valence-corrected chi connectivity index (χ3v) is 10.2.